The predicted molar refractivity (Wildman–Crippen MR) is 65.1 cm³/mol. The summed E-state index contributed by atoms with van der Waals surface area (Å²) < 4.78 is 16.0. The Morgan fingerprint density at radius 3 is 2.06 bits per heavy atom. The molecule has 0 saturated carbocycles. The number of hydrogen-bond donors (Lipinski definition) is 0. The molecule has 0 aromatic carbocycles. The minimum Gasteiger partial charge on any atom is -0.473 e. The standard InChI is InChI=1S/C11H24O4Si/c1-5-7-9-11(12)15-16(13-3,14-4)10-8-6-2/h5-10H2,1-4H3. The lowest BCUT2D eigenvalue weighted by Gasteiger charge is -2.25. The second-order valence-electron chi connectivity index (χ2n) is 3.77. The van der Waals surface area contributed by atoms with Gasteiger partial charge in [0.05, 0.1) is 0 Å². The van der Waals surface area contributed by atoms with Gasteiger partial charge in [-0.15, -0.1) is 0 Å². The highest BCUT2D eigenvalue weighted by molar-refractivity contribution is 6.62. The topological polar surface area (TPSA) is 44.8 Å². The van der Waals surface area contributed by atoms with Crippen molar-refractivity contribution in [3.8, 4) is 0 Å². The molecular weight excluding hydrogens is 224 g/mol. The zero-order chi connectivity index (χ0) is 12.4. The van der Waals surface area contributed by atoms with E-state index < -0.39 is 8.80 Å². The Hall–Kier alpha value is -0.393. The number of carbonyl (C=O) groups excluding carboxylic acids is 1. The Balaban J connectivity index is 4.23. The van der Waals surface area contributed by atoms with Crippen molar-refractivity contribution >= 4 is 14.8 Å². The van der Waals surface area contributed by atoms with Crippen molar-refractivity contribution in [3.05, 3.63) is 0 Å². The van der Waals surface area contributed by atoms with Crippen LogP contribution in [0.5, 0.6) is 0 Å². The Kier molecular flexibility index (Phi) is 8.51. The van der Waals surface area contributed by atoms with Crippen molar-refractivity contribution in [2.75, 3.05) is 14.2 Å². The van der Waals surface area contributed by atoms with E-state index in [1.165, 1.54) is 0 Å². The van der Waals surface area contributed by atoms with Gasteiger partial charge in [0.15, 0.2) is 0 Å². The maximum Gasteiger partial charge on any atom is 0.567 e. The van der Waals surface area contributed by atoms with Crippen molar-refractivity contribution in [3.63, 3.8) is 0 Å². The third-order valence-corrected chi connectivity index (χ3v) is 5.21. The Labute approximate surface area is 99.6 Å². The van der Waals surface area contributed by atoms with Crippen LogP contribution >= 0.6 is 0 Å². The minimum absolute atomic E-state index is 0.201. The predicted octanol–water partition coefficient (Wildman–Crippen LogP) is 2.75. The Bertz CT molecular complexity index is 192. The molecule has 0 aromatic heterocycles. The molecule has 0 spiro atoms. The van der Waals surface area contributed by atoms with E-state index in [2.05, 4.69) is 6.92 Å². The Morgan fingerprint density at radius 1 is 1.06 bits per heavy atom. The summed E-state index contributed by atoms with van der Waals surface area (Å²) in [5.74, 6) is -0.201. The van der Waals surface area contributed by atoms with Crippen LogP contribution in [0.25, 0.3) is 0 Å². The first kappa shape index (κ1) is 15.6. The molecule has 16 heavy (non-hydrogen) atoms. The van der Waals surface area contributed by atoms with Crippen LogP contribution in [0.15, 0.2) is 0 Å². The summed E-state index contributed by atoms with van der Waals surface area (Å²) in [6.07, 6.45) is 4.27. The van der Waals surface area contributed by atoms with Crippen molar-refractivity contribution in [2.24, 2.45) is 0 Å². The second-order valence-corrected chi connectivity index (χ2v) is 6.66. The van der Waals surface area contributed by atoms with Gasteiger partial charge in [-0.2, -0.15) is 0 Å². The van der Waals surface area contributed by atoms with E-state index in [0.29, 0.717) is 12.5 Å². The highest BCUT2D eigenvalue weighted by atomic mass is 28.4. The summed E-state index contributed by atoms with van der Waals surface area (Å²) in [6.45, 7) is 4.13. The number of hydrogen-bond acceptors (Lipinski definition) is 4. The number of carbonyl (C=O) groups is 1. The maximum absolute atomic E-state index is 11.6. The molecule has 0 aliphatic heterocycles. The third kappa shape index (κ3) is 5.63. The lowest BCUT2D eigenvalue weighted by molar-refractivity contribution is -0.139. The van der Waals surface area contributed by atoms with Crippen LogP contribution in [0.3, 0.4) is 0 Å². The van der Waals surface area contributed by atoms with Gasteiger partial charge in [0.25, 0.3) is 5.97 Å². The molecule has 0 fully saturated rings. The van der Waals surface area contributed by atoms with Crippen LogP contribution in [-0.4, -0.2) is 29.0 Å². The van der Waals surface area contributed by atoms with Crippen LogP contribution in [0.1, 0.15) is 46.0 Å². The molecule has 0 atom stereocenters. The number of unbranched alkanes of at least 4 members (excludes halogenated alkanes) is 2. The molecule has 0 radical (unpaired) electrons. The van der Waals surface area contributed by atoms with Gasteiger partial charge >= 0.3 is 8.80 Å². The SMILES string of the molecule is CCCCC(=O)O[Si](CCCC)(OC)OC. The minimum atomic E-state index is -2.73. The molecule has 0 aliphatic rings. The van der Waals surface area contributed by atoms with E-state index in [9.17, 15) is 4.79 Å². The average molecular weight is 248 g/mol. The van der Waals surface area contributed by atoms with E-state index in [1.807, 2.05) is 6.92 Å². The van der Waals surface area contributed by atoms with Gasteiger partial charge in [-0.3, -0.25) is 4.79 Å². The van der Waals surface area contributed by atoms with Gasteiger partial charge in [-0.05, 0) is 12.8 Å². The maximum atomic E-state index is 11.6. The smallest absolute Gasteiger partial charge is 0.473 e. The van der Waals surface area contributed by atoms with Gasteiger partial charge < -0.3 is 13.3 Å². The molecule has 0 N–H and O–H groups in total. The fourth-order valence-electron chi connectivity index (χ4n) is 1.36. The van der Waals surface area contributed by atoms with Crippen LogP contribution in [-0.2, 0) is 18.1 Å². The first-order valence-electron chi connectivity index (χ1n) is 5.96. The second kappa shape index (κ2) is 8.72. The van der Waals surface area contributed by atoms with E-state index in [4.69, 9.17) is 13.3 Å². The zero-order valence-corrected chi connectivity index (χ0v) is 11.9. The summed E-state index contributed by atoms with van der Waals surface area (Å²) in [4.78, 5) is 11.6. The highest BCUT2D eigenvalue weighted by Gasteiger charge is 2.42. The molecule has 0 heterocycles. The van der Waals surface area contributed by atoms with Crippen molar-refractivity contribution < 1.29 is 18.1 Å². The summed E-state index contributed by atoms with van der Waals surface area (Å²) in [7, 11) is 0.381. The van der Waals surface area contributed by atoms with Crippen LogP contribution in [0, 0.1) is 0 Å². The molecular formula is C11H24O4Si. The van der Waals surface area contributed by atoms with Crippen molar-refractivity contribution in [1.29, 1.82) is 0 Å². The molecule has 0 unspecified atom stereocenters. The lowest BCUT2D eigenvalue weighted by atomic mass is 10.3. The number of rotatable bonds is 9. The molecule has 0 aromatic rings. The molecule has 0 bridgehead atoms. The Morgan fingerprint density at radius 2 is 1.62 bits per heavy atom. The molecule has 5 heteroatoms. The van der Waals surface area contributed by atoms with Crippen LogP contribution in [0.4, 0.5) is 0 Å². The molecule has 0 saturated heterocycles. The molecule has 0 aliphatic carbocycles. The van der Waals surface area contributed by atoms with Crippen LogP contribution in [0.2, 0.25) is 6.04 Å². The van der Waals surface area contributed by atoms with Gasteiger partial charge in [0.1, 0.15) is 0 Å². The first-order valence-corrected chi connectivity index (χ1v) is 7.89. The normalized spacial score (nSPS) is 11.5. The van der Waals surface area contributed by atoms with E-state index in [0.717, 1.165) is 25.7 Å². The van der Waals surface area contributed by atoms with Gasteiger partial charge in [-0.1, -0.05) is 26.7 Å². The molecule has 0 amide bonds. The monoisotopic (exact) mass is 248 g/mol. The molecule has 4 nitrogen and oxygen atoms in total. The first-order chi connectivity index (χ1) is 7.64. The lowest BCUT2D eigenvalue weighted by Crippen LogP contribution is -2.45. The molecule has 96 valence electrons. The average Bonchev–Trinajstić information content (AvgIpc) is 2.32. The van der Waals surface area contributed by atoms with E-state index in [-0.39, 0.29) is 5.97 Å². The van der Waals surface area contributed by atoms with Gasteiger partial charge in [0.2, 0.25) is 0 Å². The summed E-state index contributed by atoms with van der Waals surface area (Å²) in [6, 6.07) is 0.703. The van der Waals surface area contributed by atoms with Gasteiger partial charge in [-0.25, -0.2) is 0 Å². The quantitative estimate of drug-likeness (QED) is 0.589. The third-order valence-electron chi connectivity index (χ3n) is 2.46. The van der Waals surface area contributed by atoms with E-state index >= 15 is 0 Å². The van der Waals surface area contributed by atoms with Gasteiger partial charge in [0, 0.05) is 26.7 Å². The largest absolute Gasteiger partial charge is 0.567 e. The molecule has 0 rings (SSSR count). The zero-order valence-electron chi connectivity index (χ0n) is 10.9. The fraction of sp³-hybridized carbons (Fsp3) is 0.909. The highest BCUT2D eigenvalue weighted by Crippen LogP contribution is 2.18. The summed E-state index contributed by atoms with van der Waals surface area (Å²) in [5.41, 5.74) is 0. The fourth-order valence-corrected chi connectivity index (χ4v) is 3.44. The summed E-state index contributed by atoms with van der Waals surface area (Å²) >= 11 is 0. The van der Waals surface area contributed by atoms with E-state index in [1.54, 1.807) is 14.2 Å². The summed E-state index contributed by atoms with van der Waals surface area (Å²) in [5, 5.41) is 0. The van der Waals surface area contributed by atoms with Crippen LogP contribution < -0.4 is 0 Å². The van der Waals surface area contributed by atoms with Crippen molar-refractivity contribution in [2.45, 2.75) is 52.0 Å². The van der Waals surface area contributed by atoms with Crippen molar-refractivity contribution in [1.82, 2.24) is 0 Å².